The van der Waals surface area contributed by atoms with Gasteiger partial charge in [-0.25, -0.2) is 0 Å². The van der Waals surface area contributed by atoms with E-state index in [9.17, 15) is 4.79 Å². The van der Waals surface area contributed by atoms with E-state index in [2.05, 4.69) is 29.7 Å². The lowest BCUT2D eigenvalue weighted by Crippen LogP contribution is -2.54. The van der Waals surface area contributed by atoms with Gasteiger partial charge in [0.15, 0.2) is 11.5 Å². The van der Waals surface area contributed by atoms with Gasteiger partial charge in [-0.1, -0.05) is 12.1 Å². The summed E-state index contributed by atoms with van der Waals surface area (Å²) in [4.78, 5) is 17.3. The molecule has 0 saturated carbocycles. The van der Waals surface area contributed by atoms with Crippen molar-refractivity contribution in [2.75, 3.05) is 46.4 Å². The number of amides is 1. The van der Waals surface area contributed by atoms with Crippen molar-refractivity contribution in [1.82, 2.24) is 9.80 Å². The second kappa shape index (κ2) is 8.53. The fourth-order valence-electron chi connectivity index (χ4n) is 6.29. The highest BCUT2D eigenvalue weighted by molar-refractivity contribution is 5.76. The quantitative estimate of drug-likeness (QED) is 0.705. The zero-order valence-electron chi connectivity index (χ0n) is 19.9. The number of nitrogens with zero attached hydrogens (tertiary/aromatic N) is 2. The fourth-order valence-corrected chi connectivity index (χ4v) is 6.29. The number of benzene rings is 1. The summed E-state index contributed by atoms with van der Waals surface area (Å²) in [5.41, 5.74) is 0.921. The Hall–Kier alpha value is -1.79. The van der Waals surface area contributed by atoms with Crippen LogP contribution in [0.5, 0.6) is 11.5 Å². The minimum atomic E-state index is -0.331. The van der Waals surface area contributed by atoms with Gasteiger partial charge in [0.2, 0.25) is 5.91 Å². The highest BCUT2D eigenvalue weighted by Crippen LogP contribution is 2.57. The molecular weight excluding hydrogens is 404 g/mol. The Morgan fingerprint density at radius 2 is 1.91 bits per heavy atom. The predicted molar refractivity (Wildman–Crippen MR) is 123 cm³/mol. The molecule has 4 aliphatic rings. The Morgan fingerprint density at radius 3 is 2.62 bits per heavy atom. The van der Waals surface area contributed by atoms with Crippen LogP contribution in [-0.2, 0) is 9.53 Å². The molecule has 0 radical (unpaired) electrons. The standard InChI is InChI=1S/C26H38N2O4/c1-25(2)20-17-26(18-31-23(20)19-7-6-8-21(30-3)24(19)32-25)10-15-28(16-11-26)22(29)9-14-27-12-4-5-13-27/h6-8,20,23H,4-5,9-18H2,1-3H3/t20-,23+/m0/s1. The summed E-state index contributed by atoms with van der Waals surface area (Å²) in [7, 11) is 1.69. The average Bonchev–Trinajstić information content (AvgIpc) is 3.31. The molecule has 6 heteroatoms. The molecule has 3 saturated heterocycles. The molecule has 3 fully saturated rings. The van der Waals surface area contributed by atoms with Crippen LogP contribution in [0.3, 0.4) is 0 Å². The molecular formula is C26H38N2O4. The third-order valence-corrected chi connectivity index (χ3v) is 8.40. The number of rotatable bonds is 4. The third kappa shape index (κ3) is 4.01. The van der Waals surface area contributed by atoms with E-state index in [1.54, 1.807) is 7.11 Å². The second-order valence-corrected chi connectivity index (χ2v) is 10.8. The largest absolute Gasteiger partial charge is 0.493 e. The number of carbonyl (C=O) groups excluding carboxylic acids is 1. The zero-order chi connectivity index (χ0) is 22.3. The van der Waals surface area contributed by atoms with Crippen molar-refractivity contribution < 1.29 is 19.0 Å². The Bertz CT molecular complexity index is 840. The summed E-state index contributed by atoms with van der Waals surface area (Å²) in [5, 5.41) is 0. The van der Waals surface area contributed by atoms with E-state index >= 15 is 0 Å². The van der Waals surface area contributed by atoms with Gasteiger partial charge in [-0.05, 0) is 70.5 Å². The number of ether oxygens (including phenoxy) is 3. The fraction of sp³-hybridized carbons (Fsp3) is 0.731. The Labute approximate surface area is 192 Å². The van der Waals surface area contributed by atoms with Gasteiger partial charge in [0.1, 0.15) is 5.60 Å². The molecule has 0 aliphatic carbocycles. The maximum Gasteiger partial charge on any atom is 0.223 e. The van der Waals surface area contributed by atoms with Crippen LogP contribution in [0.2, 0.25) is 0 Å². The summed E-state index contributed by atoms with van der Waals surface area (Å²) in [6, 6.07) is 6.09. The Morgan fingerprint density at radius 1 is 1.16 bits per heavy atom. The van der Waals surface area contributed by atoms with Crippen molar-refractivity contribution in [3.05, 3.63) is 23.8 Å². The lowest BCUT2D eigenvalue weighted by atomic mass is 9.64. The van der Waals surface area contributed by atoms with Crippen molar-refractivity contribution in [3.8, 4) is 11.5 Å². The molecule has 1 amide bonds. The van der Waals surface area contributed by atoms with E-state index in [1.807, 2.05) is 12.1 Å². The van der Waals surface area contributed by atoms with Crippen LogP contribution in [0.4, 0.5) is 0 Å². The number of hydrogen-bond donors (Lipinski definition) is 0. The van der Waals surface area contributed by atoms with Crippen molar-refractivity contribution >= 4 is 5.91 Å². The lowest BCUT2D eigenvalue weighted by Gasteiger charge is -2.54. The highest BCUT2D eigenvalue weighted by atomic mass is 16.5. The van der Waals surface area contributed by atoms with Gasteiger partial charge in [0.05, 0.1) is 19.8 Å². The van der Waals surface area contributed by atoms with E-state index < -0.39 is 0 Å². The Balaban J connectivity index is 1.24. The van der Waals surface area contributed by atoms with Gasteiger partial charge < -0.3 is 24.0 Å². The molecule has 5 rings (SSSR count). The predicted octanol–water partition coefficient (Wildman–Crippen LogP) is 4.04. The summed E-state index contributed by atoms with van der Waals surface area (Å²) in [6.07, 6.45) is 6.37. The molecule has 1 aromatic rings. The first kappa shape index (κ1) is 22.0. The van der Waals surface area contributed by atoms with Gasteiger partial charge >= 0.3 is 0 Å². The van der Waals surface area contributed by atoms with Crippen LogP contribution in [0.1, 0.15) is 64.0 Å². The van der Waals surface area contributed by atoms with Crippen LogP contribution in [0, 0.1) is 11.3 Å². The molecule has 0 N–H and O–H groups in total. The third-order valence-electron chi connectivity index (χ3n) is 8.40. The lowest BCUT2D eigenvalue weighted by molar-refractivity contribution is -0.176. The Kier molecular flexibility index (Phi) is 5.87. The summed E-state index contributed by atoms with van der Waals surface area (Å²) >= 11 is 0. The van der Waals surface area contributed by atoms with E-state index in [1.165, 1.54) is 12.8 Å². The number of para-hydroxylation sites is 1. The van der Waals surface area contributed by atoms with Crippen molar-refractivity contribution in [2.45, 2.75) is 64.1 Å². The first-order valence-corrected chi connectivity index (χ1v) is 12.4. The molecule has 0 aromatic heterocycles. The van der Waals surface area contributed by atoms with E-state index in [0.29, 0.717) is 12.3 Å². The van der Waals surface area contributed by atoms with Gasteiger partial charge in [-0.3, -0.25) is 4.79 Å². The molecule has 2 atom stereocenters. The highest BCUT2D eigenvalue weighted by Gasteiger charge is 2.53. The van der Waals surface area contributed by atoms with Crippen LogP contribution >= 0.6 is 0 Å². The molecule has 1 aromatic carbocycles. The van der Waals surface area contributed by atoms with Crippen LogP contribution in [-0.4, -0.2) is 67.7 Å². The SMILES string of the molecule is COc1cccc2c1OC(C)(C)[C@H]1CC3(CCN(C(=O)CCN4CCCC4)CC3)CO[C@H]21. The smallest absolute Gasteiger partial charge is 0.223 e. The number of fused-ring (bicyclic) bond motifs is 3. The molecule has 4 aliphatic heterocycles. The van der Waals surface area contributed by atoms with Gasteiger partial charge in [-0.15, -0.1) is 0 Å². The van der Waals surface area contributed by atoms with E-state index in [4.69, 9.17) is 14.2 Å². The second-order valence-electron chi connectivity index (χ2n) is 10.8. The number of carbonyl (C=O) groups is 1. The monoisotopic (exact) mass is 442 g/mol. The molecule has 0 unspecified atom stereocenters. The minimum Gasteiger partial charge on any atom is -0.493 e. The van der Waals surface area contributed by atoms with Gasteiger partial charge in [0.25, 0.3) is 0 Å². The van der Waals surface area contributed by atoms with E-state index in [-0.39, 0.29) is 23.0 Å². The number of piperidine rings is 1. The number of methoxy groups -OCH3 is 1. The molecule has 4 heterocycles. The molecule has 1 spiro atoms. The molecule has 176 valence electrons. The number of likely N-dealkylation sites (tertiary alicyclic amines) is 2. The normalized spacial score (nSPS) is 28.7. The summed E-state index contributed by atoms with van der Waals surface area (Å²) < 4.78 is 18.7. The zero-order valence-corrected chi connectivity index (χ0v) is 19.9. The van der Waals surface area contributed by atoms with Crippen molar-refractivity contribution in [3.63, 3.8) is 0 Å². The summed E-state index contributed by atoms with van der Waals surface area (Å²) in [6.45, 7) is 10.1. The topological polar surface area (TPSA) is 51.2 Å². The van der Waals surface area contributed by atoms with Gasteiger partial charge in [0, 0.05) is 37.5 Å². The summed E-state index contributed by atoms with van der Waals surface area (Å²) in [5.74, 6) is 2.21. The van der Waals surface area contributed by atoms with E-state index in [0.717, 1.165) is 75.7 Å². The average molecular weight is 443 g/mol. The minimum absolute atomic E-state index is 0.0367. The molecule has 6 nitrogen and oxygen atoms in total. The van der Waals surface area contributed by atoms with Crippen molar-refractivity contribution in [1.29, 1.82) is 0 Å². The first-order valence-electron chi connectivity index (χ1n) is 12.4. The van der Waals surface area contributed by atoms with Gasteiger partial charge in [-0.2, -0.15) is 0 Å². The molecule has 0 bridgehead atoms. The molecule has 32 heavy (non-hydrogen) atoms. The number of hydrogen-bond acceptors (Lipinski definition) is 5. The maximum absolute atomic E-state index is 12.8. The van der Waals surface area contributed by atoms with Crippen LogP contribution < -0.4 is 9.47 Å². The maximum atomic E-state index is 12.8. The van der Waals surface area contributed by atoms with Crippen LogP contribution in [0.25, 0.3) is 0 Å². The van der Waals surface area contributed by atoms with Crippen molar-refractivity contribution in [2.24, 2.45) is 11.3 Å². The first-order chi connectivity index (χ1) is 15.4. The van der Waals surface area contributed by atoms with Crippen LogP contribution in [0.15, 0.2) is 18.2 Å².